The Hall–Kier alpha value is -3.92. The maximum absolute atomic E-state index is 13.0. The van der Waals surface area contributed by atoms with E-state index in [1.807, 2.05) is 66.1 Å². The fourth-order valence-corrected chi connectivity index (χ4v) is 4.29. The molecule has 0 atom stereocenters. The van der Waals surface area contributed by atoms with Gasteiger partial charge in [-0.3, -0.25) is 23.3 Å². The predicted molar refractivity (Wildman–Crippen MR) is 128 cm³/mol. The molecule has 0 fully saturated rings. The van der Waals surface area contributed by atoms with Crippen LogP contribution in [0.4, 0.5) is 5.82 Å². The van der Waals surface area contributed by atoms with Gasteiger partial charge in [0.2, 0.25) is 0 Å². The van der Waals surface area contributed by atoms with Gasteiger partial charge < -0.3 is 5.73 Å². The van der Waals surface area contributed by atoms with Gasteiger partial charge in [-0.05, 0) is 25.1 Å². The summed E-state index contributed by atoms with van der Waals surface area (Å²) in [5.41, 5.74) is 7.22. The number of nitrogen functional groups attached to an aromatic ring is 1. The number of aromatic nitrogens is 5. The van der Waals surface area contributed by atoms with E-state index in [4.69, 9.17) is 5.73 Å². The van der Waals surface area contributed by atoms with Gasteiger partial charge in [0.05, 0.1) is 5.75 Å². The Morgan fingerprint density at radius 1 is 1.00 bits per heavy atom. The molecule has 2 N–H and O–H groups in total. The number of para-hydroxylation sites is 1. The first-order valence-electron chi connectivity index (χ1n) is 10.1. The van der Waals surface area contributed by atoms with Crippen LogP contribution in [0.2, 0.25) is 0 Å². The van der Waals surface area contributed by atoms with Crippen LogP contribution in [0.3, 0.4) is 0 Å². The van der Waals surface area contributed by atoms with Gasteiger partial charge in [0.15, 0.2) is 16.8 Å². The van der Waals surface area contributed by atoms with E-state index < -0.39 is 17.0 Å². The van der Waals surface area contributed by atoms with Gasteiger partial charge >= 0.3 is 5.69 Å². The molecule has 168 valence electrons. The summed E-state index contributed by atoms with van der Waals surface area (Å²) in [6.07, 6.45) is 0. The number of carbonyl (C=O) groups excluding carboxylic acids is 1. The number of aryl methyl sites for hydroxylation is 1. The first-order chi connectivity index (χ1) is 15.8. The minimum atomic E-state index is -0.717. The number of Topliss-reactive ketones (excluding diaryl/α,β-unsaturated/α-hetero) is 1. The molecule has 2 aromatic heterocycles. The van der Waals surface area contributed by atoms with Gasteiger partial charge in [0.25, 0.3) is 5.56 Å². The number of anilines is 1. The number of rotatable bonds is 6. The van der Waals surface area contributed by atoms with E-state index in [2.05, 4.69) is 10.2 Å². The fraction of sp³-hybridized carbons (Fsp3) is 0.174. The highest BCUT2D eigenvalue weighted by molar-refractivity contribution is 7.99. The molecule has 10 heteroatoms. The molecule has 0 bridgehead atoms. The lowest BCUT2D eigenvalue weighted by Crippen LogP contribution is -2.41. The van der Waals surface area contributed by atoms with E-state index in [0.29, 0.717) is 11.0 Å². The number of hydrogen-bond donors (Lipinski definition) is 1. The summed E-state index contributed by atoms with van der Waals surface area (Å²) >= 11 is 1.15. The molecule has 9 nitrogen and oxygen atoms in total. The summed E-state index contributed by atoms with van der Waals surface area (Å²) in [6.45, 7) is 2.00. The first kappa shape index (κ1) is 22.3. The summed E-state index contributed by atoms with van der Waals surface area (Å²) in [5, 5.41) is 9.18. The second kappa shape index (κ2) is 8.91. The van der Waals surface area contributed by atoms with Crippen molar-refractivity contribution in [2.75, 3.05) is 11.5 Å². The first-order valence-corrected chi connectivity index (χ1v) is 11.1. The average Bonchev–Trinajstić information content (AvgIpc) is 3.25. The highest BCUT2D eigenvalue weighted by atomic mass is 32.2. The van der Waals surface area contributed by atoms with E-state index in [9.17, 15) is 14.4 Å². The topological polar surface area (TPSA) is 118 Å². The van der Waals surface area contributed by atoms with Crippen LogP contribution < -0.4 is 17.0 Å². The monoisotopic (exact) mass is 462 g/mol. The number of nitrogens with two attached hydrogens (primary N) is 1. The van der Waals surface area contributed by atoms with Crippen LogP contribution >= 0.6 is 11.8 Å². The highest BCUT2D eigenvalue weighted by Crippen LogP contribution is 2.28. The molecule has 0 saturated heterocycles. The van der Waals surface area contributed by atoms with Gasteiger partial charge in [0.1, 0.15) is 11.4 Å². The molecule has 0 unspecified atom stereocenters. The number of nitrogens with zero attached hydrogens (tertiary/aromatic N) is 5. The molecule has 0 spiro atoms. The molecule has 0 aliphatic rings. The van der Waals surface area contributed by atoms with Crippen LogP contribution in [-0.4, -0.2) is 35.4 Å². The van der Waals surface area contributed by atoms with E-state index in [0.717, 1.165) is 37.7 Å². The van der Waals surface area contributed by atoms with Gasteiger partial charge in [-0.15, -0.1) is 10.2 Å². The average molecular weight is 463 g/mol. The van der Waals surface area contributed by atoms with Gasteiger partial charge in [-0.1, -0.05) is 53.7 Å². The summed E-state index contributed by atoms with van der Waals surface area (Å²) in [4.78, 5) is 37.5. The SMILES string of the molecule is Cc1cccc(-c2nnc(SCC(=O)c3c(N)n(C)c(=O)n(C)c3=O)n2-c2ccccc2)c1. The lowest BCUT2D eigenvalue weighted by Gasteiger charge is -2.12. The Bertz CT molecular complexity index is 1470. The van der Waals surface area contributed by atoms with Crippen LogP contribution in [0.15, 0.2) is 69.3 Å². The van der Waals surface area contributed by atoms with E-state index in [1.165, 1.54) is 14.1 Å². The largest absolute Gasteiger partial charge is 0.384 e. The van der Waals surface area contributed by atoms with Gasteiger partial charge in [0, 0.05) is 25.3 Å². The molecule has 0 saturated carbocycles. The number of ketones is 1. The lowest BCUT2D eigenvalue weighted by atomic mass is 10.1. The van der Waals surface area contributed by atoms with Crippen LogP contribution in [0.5, 0.6) is 0 Å². The summed E-state index contributed by atoms with van der Waals surface area (Å²) < 4.78 is 3.83. The van der Waals surface area contributed by atoms with Crippen molar-refractivity contribution in [3.8, 4) is 17.1 Å². The number of carbonyl (C=O) groups is 1. The number of benzene rings is 2. The summed E-state index contributed by atoms with van der Waals surface area (Å²) in [5.74, 6) is -0.111. The third-order valence-electron chi connectivity index (χ3n) is 5.25. The molecule has 2 aromatic carbocycles. The Labute approximate surface area is 193 Å². The molecule has 2 heterocycles. The normalized spacial score (nSPS) is 11.0. The van der Waals surface area contributed by atoms with Crippen LogP contribution in [0.1, 0.15) is 15.9 Å². The van der Waals surface area contributed by atoms with Gasteiger partial charge in [-0.2, -0.15) is 0 Å². The molecular formula is C23H22N6O3S. The van der Waals surface area contributed by atoms with Crippen molar-refractivity contribution in [2.24, 2.45) is 14.1 Å². The molecule has 4 rings (SSSR count). The van der Waals surface area contributed by atoms with Gasteiger partial charge in [-0.25, -0.2) is 4.79 Å². The van der Waals surface area contributed by atoms with Crippen molar-refractivity contribution in [3.05, 3.63) is 86.6 Å². The zero-order chi connectivity index (χ0) is 23.7. The highest BCUT2D eigenvalue weighted by Gasteiger charge is 2.22. The maximum Gasteiger partial charge on any atom is 0.332 e. The standard InChI is InChI=1S/C23H22N6O3S/c1-14-8-7-9-15(12-14)20-25-26-22(29(20)16-10-5-4-6-11-16)33-13-17(30)18-19(24)27(2)23(32)28(3)21(18)31/h4-12H,13,24H2,1-3H3. The maximum atomic E-state index is 13.0. The number of thioether (sulfide) groups is 1. The van der Waals surface area contributed by atoms with Crippen molar-refractivity contribution in [1.29, 1.82) is 0 Å². The smallest absolute Gasteiger partial charge is 0.332 e. The molecule has 4 aromatic rings. The van der Waals surface area contributed by atoms with Crippen LogP contribution in [-0.2, 0) is 14.1 Å². The predicted octanol–water partition coefficient (Wildman–Crippen LogP) is 2.20. The minimum absolute atomic E-state index is 0.101. The van der Waals surface area contributed by atoms with Crippen molar-refractivity contribution in [2.45, 2.75) is 12.1 Å². The Morgan fingerprint density at radius 3 is 2.42 bits per heavy atom. The molecular weight excluding hydrogens is 440 g/mol. The minimum Gasteiger partial charge on any atom is -0.384 e. The quantitative estimate of drug-likeness (QED) is 0.345. The zero-order valence-corrected chi connectivity index (χ0v) is 19.2. The molecule has 0 amide bonds. The molecule has 0 aliphatic heterocycles. The third kappa shape index (κ3) is 4.12. The van der Waals surface area contributed by atoms with Crippen molar-refractivity contribution in [3.63, 3.8) is 0 Å². The van der Waals surface area contributed by atoms with Crippen LogP contribution in [0.25, 0.3) is 17.1 Å². The zero-order valence-electron chi connectivity index (χ0n) is 18.3. The second-order valence-corrected chi connectivity index (χ2v) is 8.47. The third-order valence-corrected chi connectivity index (χ3v) is 6.17. The van der Waals surface area contributed by atoms with Crippen molar-refractivity contribution in [1.82, 2.24) is 23.9 Å². The van der Waals surface area contributed by atoms with Crippen LogP contribution in [0, 0.1) is 6.92 Å². The van der Waals surface area contributed by atoms with E-state index in [-0.39, 0.29) is 17.1 Å². The summed E-state index contributed by atoms with van der Waals surface area (Å²) in [7, 11) is 2.73. The Balaban J connectivity index is 1.72. The number of hydrogen-bond acceptors (Lipinski definition) is 7. The van der Waals surface area contributed by atoms with E-state index in [1.54, 1.807) is 0 Å². The molecule has 0 aliphatic carbocycles. The van der Waals surface area contributed by atoms with Crippen molar-refractivity contribution >= 4 is 23.4 Å². The molecule has 33 heavy (non-hydrogen) atoms. The Morgan fingerprint density at radius 2 is 1.73 bits per heavy atom. The van der Waals surface area contributed by atoms with E-state index >= 15 is 0 Å². The van der Waals surface area contributed by atoms with Crippen molar-refractivity contribution < 1.29 is 4.79 Å². The fourth-order valence-electron chi connectivity index (χ4n) is 3.47. The summed E-state index contributed by atoms with van der Waals surface area (Å²) in [6, 6.07) is 17.5. The second-order valence-electron chi connectivity index (χ2n) is 7.52. The Kier molecular flexibility index (Phi) is 6.01. The lowest BCUT2D eigenvalue weighted by molar-refractivity contribution is 0.102. The molecule has 0 radical (unpaired) electrons.